The third-order valence-corrected chi connectivity index (χ3v) is 8.00. The van der Waals surface area contributed by atoms with E-state index in [1.165, 1.54) is 0 Å². The molecule has 1 radical (unpaired) electrons. The van der Waals surface area contributed by atoms with E-state index in [0.29, 0.717) is 41.4 Å². The first-order valence-electron chi connectivity index (χ1n) is 15.8. The molecule has 2 N–H and O–H groups in total. The van der Waals surface area contributed by atoms with Gasteiger partial charge in [-0.05, 0) is 78.1 Å². The molecule has 0 aliphatic heterocycles. The summed E-state index contributed by atoms with van der Waals surface area (Å²) in [4.78, 5) is 4.89. The Balaban J connectivity index is 0.00000675. The molecule has 0 aliphatic rings. The largest absolute Gasteiger partial charge is 0.507 e. The van der Waals surface area contributed by atoms with Gasteiger partial charge in [-0.15, -0.1) is 0 Å². The number of hydrogen-bond donors (Lipinski definition) is 2. The van der Waals surface area contributed by atoms with E-state index in [0.717, 1.165) is 36.8 Å². The number of hydrogen-bond acceptors (Lipinski definition) is 5. The molecule has 0 spiro atoms. The zero-order valence-corrected chi connectivity index (χ0v) is 29.1. The molecule has 0 aromatic heterocycles. The van der Waals surface area contributed by atoms with Crippen molar-refractivity contribution >= 4 is 6.21 Å². The van der Waals surface area contributed by atoms with Crippen molar-refractivity contribution in [1.29, 1.82) is 0 Å². The van der Waals surface area contributed by atoms with E-state index in [-0.39, 0.29) is 33.6 Å². The summed E-state index contributed by atoms with van der Waals surface area (Å²) in [6, 6.07) is 18.7. The van der Waals surface area contributed by atoms with Gasteiger partial charge in [0.1, 0.15) is 22.8 Å². The zero-order valence-electron chi connectivity index (χ0n) is 28.1. The maximum Gasteiger partial charge on any atom is 0.144 e. The van der Waals surface area contributed by atoms with Crippen molar-refractivity contribution in [1.82, 2.24) is 0 Å². The minimum Gasteiger partial charge on any atom is -0.507 e. The Hall–Kier alpha value is -2.79. The maximum absolute atomic E-state index is 13.3. The van der Waals surface area contributed by atoms with Gasteiger partial charge in [0.2, 0.25) is 0 Å². The van der Waals surface area contributed by atoms with Crippen molar-refractivity contribution in [3.63, 3.8) is 0 Å². The van der Waals surface area contributed by atoms with Crippen molar-refractivity contribution in [3.05, 3.63) is 88.5 Å². The third kappa shape index (κ3) is 9.12. The molecule has 3 aromatic rings. The number of nitrogens with zero attached hydrogens (tertiary/aromatic N) is 1. The second kappa shape index (κ2) is 16.0. The molecule has 0 unspecified atom stereocenters. The Bertz CT molecular complexity index is 1300. The molecule has 0 aliphatic carbocycles. The van der Waals surface area contributed by atoms with E-state index in [4.69, 9.17) is 14.5 Å². The van der Waals surface area contributed by atoms with Crippen LogP contribution in [0.5, 0.6) is 17.2 Å². The monoisotopic (exact) mass is 650 g/mol. The molecular weight excluding hydrogens is 598 g/mol. The molecule has 0 saturated carbocycles. The molecule has 0 bridgehead atoms. The average molecular weight is 651 g/mol. The molecule has 0 saturated heterocycles. The first kappa shape index (κ1) is 37.4. The predicted octanol–water partition coefficient (Wildman–Crippen LogP) is 9.09. The summed E-state index contributed by atoms with van der Waals surface area (Å²) in [6.07, 6.45) is 5.46. The van der Waals surface area contributed by atoms with E-state index in [9.17, 15) is 10.2 Å². The minimum absolute atomic E-state index is 0. The van der Waals surface area contributed by atoms with Gasteiger partial charge in [-0.25, -0.2) is 0 Å². The number of aromatic hydroxyl groups is 1. The SMILES string of the molecule is CCCCOc1ccc(C(C)(C)C)cc1C(O)(c1cc(C(C)(C)C)ccc1OCCCC)[C@@H](C)N=Cc1ccccc1O.[Cu]. The molecule has 3 aromatic carbocycles. The van der Waals surface area contributed by atoms with Crippen LogP contribution in [0, 0.1) is 0 Å². The molecule has 3 rings (SSSR count). The normalized spacial score (nSPS) is 13.0. The number of ether oxygens (including phenoxy) is 2. The number of para-hydroxylation sites is 1. The van der Waals surface area contributed by atoms with Crippen LogP contribution in [0.25, 0.3) is 0 Å². The Morgan fingerprint density at radius 3 is 1.61 bits per heavy atom. The van der Waals surface area contributed by atoms with Crippen molar-refractivity contribution in [2.24, 2.45) is 4.99 Å². The Morgan fingerprint density at radius 1 is 0.750 bits per heavy atom. The quantitative estimate of drug-likeness (QED) is 0.110. The Kier molecular flexibility index (Phi) is 13.6. The summed E-state index contributed by atoms with van der Waals surface area (Å²) in [7, 11) is 0. The number of rotatable bonds is 13. The number of aliphatic imine (C=N–C) groups is 1. The van der Waals surface area contributed by atoms with Gasteiger partial charge in [-0.1, -0.05) is 92.5 Å². The maximum atomic E-state index is 13.3. The van der Waals surface area contributed by atoms with Gasteiger partial charge in [0.25, 0.3) is 0 Å². The van der Waals surface area contributed by atoms with E-state index in [1.54, 1.807) is 18.3 Å². The van der Waals surface area contributed by atoms with E-state index >= 15 is 0 Å². The summed E-state index contributed by atoms with van der Waals surface area (Å²) >= 11 is 0. The molecule has 0 amide bonds. The summed E-state index contributed by atoms with van der Waals surface area (Å²) in [6.45, 7) is 20.3. The van der Waals surface area contributed by atoms with Crippen LogP contribution >= 0.6 is 0 Å². The summed E-state index contributed by atoms with van der Waals surface area (Å²) in [5.74, 6) is 1.40. The van der Waals surface area contributed by atoms with Gasteiger partial charge in [0, 0.05) is 40.0 Å². The number of unbranched alkanes of at least 4 members (excludes halogenated alkanes) is 2. The average Bonchev–Trinajstić information content (AvgIpc) is 2.95. The zero-order chi connectivity index (χ0) is 31.8. The standard InChI is InChI=1S/C38H53NO4.Cu/c1-10-12-22-42-34-20-18-29(36(4,5)6)24-31(34)38(41,27(3)39-26-28-16-14-15-17-33(28)40)32-25-30(37(7,8)9)19-21-35(32)43-23-13-11-2;/h14-21,24-27,40-41H,10-13,22-23H2,1-9H3;/t27-;/m1./s1. The minimum atomic E-state index is -1.62. The van der Waals surface area contributed by atoms with Crippen molar-refractivity contribution < 1.29 is 36.8 Å². The molecule has 6 heteroatoms. The molecule has 0 heterocycles. The first-order chi connectivity index (χ1) is 20.2. The summed E-state index contributed by atoms with van der Waals surface area (Å²) in [5, 5.41) is 23.7. The van der Waals surface area contributed by atoms with Gasteiger partial charge in [0.15, 0.2) is 0 Å². The van der Waals surface area contributed by atoms with Crippen LogP contribution in [0.1, 0.15) is 116 Å². The smallest absolute Gasteiger partial charge is 0.144 e. The Labute approximate surface area is 276 Å². The predicted molar refractivity (Wildman–Crippen MR) is 179 cm³/mol. The molecule has 245 valence electrons. The molecular formula is C38H53CuNO4. The number of phenolic OH excluding ortho intramolecular Hbond substituents is 1. The molecule has 44 heavy (non-hydrogen) atoms. The second-order valence-corrected chi connectivity index (χ2v) is 13.6. The van der Waals surface area contributed by atoms with Crippen LogP contribution in [0.3, 0.4) is 0 Å². The fourth-order valence-corrected chi connectivity index (χ4v) is 4.99. The van der Waals surface area contributed by atoms with Crippen LogP contribution in [0.15, 0.2) is 65.7 Å². The van der Waals surface area contributed by atoms with Crippen molar-refractivity contribution in [3.8, 4) is 17.2 Å². The fraction of sp³-hybridized carbons (Fsp3) is 0.500. The van der Waals surface area contributed by atoms with Crippen LogP contribution in [0.2, 0.25) is 0 Å². The van der Waals surface area contributed by atoms with E-state index in [1.807, 2.05) is 31.2 Å². The van der Waals surface area contributed by atoms with Gasteiger partial charge in [0.05, 0.1) is 19.3 Å². The topological polar surface area (TPSA) is 71.3 Å². The first-order valence-corrected chi connectivity index (χ1v) is 15.8. The van der Waals surface area contributed by atoms with Crippen LogP contribution in [-0.4, -0.2) is 35.7 Å². The number of benzene rings is 3. The third-order valence-electron chi connectivity index (χ3n) is 8.00. The molecule has 1 atom stereocenters. The van der Waals surface area contributed by atoms with Crippen LogP contribution in [0.4, 0.5) is 0 Å². The van der Waals surface area contributed by atoms with Crippen molar-refractivity contribution in [2.75, 3.05) is 13.2 Å². The Morgan fingerprint density at radius 2 is 1.20 bits per heavy atom. The fourth-order valence-electron chi connectivity index (χ4n) is 4.99. The van der Waals surface area contributed by atoms with Crippen LogP contribution < -0.4 is 9.47 Å². The van der Waals surface area contributed by atoms with E-state index in [2.05, 4.69) is 79.7 Å². The van der Waals surface area contributed by atoms with E-state index < -0.39 is 11.6 Å². The van der Waals surface area contributed by atoms with Crippen LogP contribution in [-0.2, 0) is 33.5 Å². The summed E-state index contributed by atoms with van der Waals surface area (Å²) < 4.78 is 12.8. The van der Waals surface area contributed by atoms with Gasteiger partial charge >= 0.3 is 0 Å². The second-order valence-electron chi connectivity index (χ2n) is 13.6. The number of aliphatic hydroxyl groups is 1. The van der Waals surface area contributed by atoms with Gasteiger partial charge in [-0.3, -0.25) is 4.99 Å². The summed E-state index contributed by atoms with van der Waals surface area (Å²) in [5.41, 5.74) is 2.13. The van der Waals surface area contributed by atoms with Gasteiger partial charge < -0.3 is 19.7 Å². The number of phenols is 1. The van der Waals surface area contributed by atoms with Crippen molar-refractivity contribution in [2.45, 2.75) is 110 Å². The molecule has 0 fully saturated rings. The van der Waals surface area contributed by atoms with Gasteiger partial charge in [-0.2, -0.15) is 0 Å². The molecule has 5 nitrogen and oxygen atoms in total.